The first kappa shape index (κ1) is 16.6. The first-order valence-corrected chi connectivity index (χ1v) is 8.16. The average Bonchev–Trinajstić information content (AvgIpc) is 2.93. The van der Waals surface area contributed by atoms with Gasteiger partial charge in [0.25, 0.3) is 0 Å². The van der Waals surface area contributed by atoms with Crippen LogP contribution in [-0.4, -0.2) is 15.0 Å². The number of sulfonamides is 1. The summed E-state index contributed by atoms with van der Waals surface area (Å²) in [5.41, 5.74) is -0.973. The van der Waals surface area contributed by atoms with Crippen LogP contribution in [0.15, 0.2) is 23.1 Å². The zero-order chi connectivity index (χ0) is 16.1. The van der Waals surface area contributed by atoms with Gasteiger partial charge in [-0.05, 0) is 36.0 Å². The van der Waals surface area contributed by atoms with Crippen LogP contribution >= 0.6 is 11.6 Å². The zero-order valence-corrected chi connectivity index (χ0v) is 13.0. The van der Waals surface area contributed by atoms with Crippen molar-refractivity contribution in [1.82, 2.24) is 4.72 Å². The molecule has 118 valence electrons. The third-order valence-corrected chi connectivity index (χ3v) is 5.69. The second-order valence-corrected chi connectivity index (χ2v) is 8.03. The highest BCUT2D eigenvalue weighted by atomic mass is 35.5. The van der Waals surface area contributed by atoms with E-state index in [-0.39, 0.29) is 22.9 Å². The Morgan fingerprint density at radius 3 is 2.43 bits per heavy atom. The van der Waals surface area contributed by atoms with Crippen LogP contribution in [0, 0.1) is 11.3 Å². The highest BCUT2D eigenvalue weighted by molar-refractivity contribution is 7.89. The van der Waals surface area contributed by atoms with Crippen molar-refractivity contribution >= 4 is 21.6 Å². The first-order valence-electron chi connectivity index (χ1n) is 6.30. The maximum atomic E-state index is 12.7. The molecule has 0 amide bonds. The van der Waals surface area contributed by atoms with Gasteiger partial charge < -0.3 is 0 Å². The Morgan fingerprint density at radius 1 is 1.38 bits per heavy atom. The van der Waals surface area contributed by atoms with E-state index in [4.69, 9.17) is 11.6 Å². The molecule has 1 unspecified atom stereocenters. The van der Waals surface area contributed by atoms with Crippen LogP contribution in [-0.2, 0) is 16.2 Å². The minimum absolute atomic E-state index is 0.0696. The fourth-order valence-corrected chi connectivity index (χ4v) is 3.70. The summed E-state index contributed by atoms with van der Waals surface area (Å²) in [5, 5.41) is -0.231. The van der Waals surface area contributed by atoms with Gasteiger partial charge in [-0.1, -0.05) is 25.4 Å². The van der Waals surface area contributed by atoms with Gasteiger partial charge in [0.2, 0.25) is 10.0 Å². The van der Waals surface area contributed by atoms with Crippen LogP contribution < -0.4 is 4.72 Å². The molecule has 1 aliphatic carbocycles. The predicted molar refractivity (Wildman–Crippen MR) is 73.5 cm³/mol. The summed E-state index contributed by atoms with van der Waals surface area (Å²) in [5.74, 6) is 0.192. The first-order chi connectivity index (χ1) is 9.43. The van der Waals surface area contributed by atoms with Crippen LogP contribution in [0.2, 0.25) is 5.02 Å². The standard InChI is InChI=1S/C13H15ClF3NO2S/c1-12(2)6-9(12)7-18-21(19,20)11-5-8(13(15,16)17)3-4-10(11)14/h3-5,9,18H,6-7H2,1-2H3. The number of hydrogen-bond donors (Lipinski definition) is 1. The minimum atomic E-state index is -4.62. The molecule has 0 heterocycles. The molecular formula is C13H15ClF3NO2S. The molecule has 1 aliphatic rings. The van der Waals surface area contributed by atoms with E-state index >= 15 is 0 Å². The highest BCUT2D eigenvalue weighted by Gasteiger charge is 2.45. The van der Waals surface area contributed by atoms with Gasteiger partial charge in [-0.3, -0.25) is 0 Å². The molecule has 2 rings (SSSR count). The minimum Gasteiger partial charge on any atom is -0.211 e. The quantitative estimate of drug-likeness (QED) is 0.908. The lowest BCUT2D eigenvalue weighted by atomic mass is 10.1. The molecule has 3 nitrogen and oxygen atoms in total. The molecule has 8 heteroatoms. The summed E-state index contributed by atoms with van der Waals surface area (Å²) in [6, 6.07) is 2.26. The van der Waals surface area contributed by atoms with Gasteiger partial charge in [0.05, 0.1) is 10.6 Å². The van der Waals surface area contributed by atoms with E-state index < -0.39 is 26.7 Å². The molecule has 1 aromatic carbocycles. The highest BCUT2D eigenvalue weighted by Crippen LogP contribution is 2.51. The molecule has 0 aliphatic heterocycles. The number of halogens is 4. The van der Waals surface area contributed by atoms with Gasteiger partial charge in [-0.2, -0.15) is 13.2 Å². The third-order valence-electron chi connectivity index (χ3n) is 3.79. The van der Waals surface area contributed by atoms with Crippen LogP contribution in [0.25, 0.3) is 0 Å². The van der Waals surface area contributed by atoms with Crippen molar-refractivity contribution in [1.29, 1.82) is 0 Å². The molecule has 0 aromatic heterocycles. The normalized spacial score (nSPS) is 21.3. The van der Waals surface area contributed by atoms with Gasteiger partial charge in [0, 0.05) is 6.54 Å². The van der Waals surface area contributed by atoms with Gasteiger partial charge in [0.1, 0.15) is 4.90 Å². The molecule has 1 saturated carbocycles. The predicted octanol–water partition coefficient (Wildman–Crippen LogP) is 3.68. The number of hydrogen-bond acceptors (Lipinski definition) is 2. The lowest BCUT2D eigenvalue weighted by Gasteiger charge is -2.12. The van der Waals surface area contributed by atoms with E-state index in [1.54, 1.807) is 0 Å². The van der Waals surface area contributed by atoms with Gasteiger partial charge in [-0.25, -0.2) is 13.1 Å². The van der Waals surface area contributed by atoms with Gasteiger partial charge in [0.15, 0.2) is 0 Å². The molecular weight excluding hydrogens is 327 g/mol. The molecule has 1 N–H and O–H groups in total. The Labute approximate surface area is 126 Å². The topological polar surface area (TPSA) is 46.2 Å². The third kappa shape index (κ3) is 3.70. The molecule has 0 bridgehead atoms. The molecule has 21 heavy (non-hydrogen) atoms. The lowest BCUT2D eigenvalue weighted by Crippen LogP contribution is -2.27. The van der Waals surface area contributed by atoms with E-state index in [1.807, 2.05) is 13.8 Å². The SMILES string of the molecule is CC1(C)CC1CNS(=O)(=O)c1cc(C(F)(F)F)ccc1Cl. The van der Waals surface area contributed by atoms with E-state index in [0.717, 1.165) is 18.6 Å². The van der Waals surface area contributed by atoms with Crippen LogP contribution in [0.5, 0.6) is 0 Å². The van der Waals surface area contributed by atoms with E-state index in [1.165, 1.54) is 0 Å². The van der Waals surface area contributed by atoms with Crippen LogP contribution in [0.1, 0.15) is 25.8 Å². The van der Waals surface area contributed by atoms with Crippen molar-refractivity contribution < 1.29 is 21.6 Å². The summed E-state index contributed by atoms with van der Waals surface area (Å²) in [7, 11) is -4.06. The largest absolute Gasteiger partial charge is 0.416 e. The Hall–Kier alpha value is -0.790. The van der Waals surface area contributed by atoms with E-state index in [9.17, 15) is 21.6 Å². The van der Waals surface area contributed by atoms with Crippen LogP contribution in [0.4, 0.5) is 13.2 Å². The maximum absolute atomic E-state index is 12.7. The fraction of sp³-hybridized carbons (Fsp3) is 0.538. The van der Waals surface area contributed by atoms with Crippen molar-refractivity contribution in [3.05, 3.63) is 28.8 Å². The summed E-state index contributed by atoms with van der Waals surface area (Å²) in [6.45, 7) is 4.20. The number of alkyl halides is 3. The summed E-state index contributed by atoms with van der Waals surface area (Å²) in [6.07, 6.45) is -3.74. The molecule has 1 aromatic rings. The number of rotatable bonds is 4. The Kier molecular flexibility index (Phi) is 4.06. The Morgan fingerprint density at radius 2 is 1.95 bits per heavy atom. The number of benzene rings is 1. The maximum Gasteiger partial charge on any atom is 0.416 e. The van der Waals surface area contributed by atoms with Gasteiger partial charge >= 0.3 is 6.18 Å². The smallest absolute Gasteiger partial charge is 0.211 e. The van der Waals surface area contributed by atoms with Crippen LogP contribution in [0.3, 0.4) is 0 Å². The Bertz CT molecular complexity index is 656. The summed E-state index contributed by atoms with van der Waals surface area (Å²) in [4.78, 5) is -0.544. The molecule has 0 spiro atoms. The number of nitrogens with one attached hydrogen (secondary N) is 1. The molecule has 0 radical (unpaired) electrons. The molecule has 0 saturated heterocycles. The van der Waals surface area contributed by atoms with E-state index in [2.05, 4.69) is 4.72 Å². The van der Waals surface area contributed by atoms with Crippen molar-refractivity contribution in [2.45, 2.75) is 31.3 Å². The zero-order valence-electron chi connectivity index (χ0n) is 11.5. The van der Waals surface area contributed by atoms with Crippen molar-refractivity contribution in [2.24, 2.45) is 11.3 Å². The van der Waals surface area contributed by atoms with Crippen molar-refractivity contribution in [3.8, 4) is 0 Å². The second-order valence-electron chi connectivity index (χ2n) is 5.88. The second kappa shape index (κ2) is 5.14. The summed E-state index contributed by atoms with van der Waals surface area (Å²) < 4.78 is 64.5. The average molecular weight is 342 g/mol. The van der Waals surface area contributed by atoms with Gasteiger partial charge in [-0.15, -0.1) is 0 Å². The van der Waals surface area contributed by atoms with Crippen molar-refractivity contribution in [3.63, 3.8) is 0 Å². The monoisotopic (exact) mass is 341 g/mol. The van der Waals surface area contributed by atoms with Crippen molar-refractivity contribution in [2.75, 3.05) is 6.54 Å². The summed E-state index contributed by atoms with van der Waals surface area (Å²) >= 11 is 5.73. The molecule has 1 fully saturated rings. The lowest BCUT2D eigenvalue weighted by molar-refractivity contribution is -0.137. The molecule has 1 atom stereocenters. The Balaban J connectivity index is 2.23. The fourth-order valence-electron chi connectivity index (χ4n) is 2.10. The van der Waals surface area contributed by atoms with E-state index in [0.29, 0.717) is 6.07 Å².